The van der Waals surface area contributed by atoms with Gasteiger partial charge in [-0.3, -0.25) is 4.98 Å². The Kier molecular flexibility index (Phi) is 4.71. The highest BCUT2D eigenvalue weighted by Gasteiger charge is 2.11. The quantitative estimate of drug-likeness (QED) is 0.844. The van der Waals surface area contributed by atoms with E-state index < -0.39 is 0 Å². The topological polar surface area (TPSA) is 24.9 Å². The lowest BCUT2D eigenvalue weighted by molar-refractivity contribution is 0.531. The van der Waals surface area contributed by atoms with Crippen LogP contribution in [0.1, 0.15) is 29.8 Å². The van der Waals surface area contributed by atoms with E-state index in [9.17, 15) is 0 Å². The second-order valence-corrected chi connectivity index (χ2v) is 5.11. The summed E-state index contributed by atoms with van der Waals surface area (Å²) in [7, 11) is 0. The Labute approximate surface area is 107 Å². The van der Waals surface area contributed by atoms with E-state index in [0.717, 1.165) is 19.4 Å². The van der Waals surface area contributed by atoms with Gasteiger partial charge in [-0.2, -0.15) is 0 Å². The minimum absolute atomic E-state index is 0.377. The third-order valence-corrected chi connectivity index (χ3v) is 3.61. The largest absolute Gasteiger partial charge is 0.310 e. The standard InChI is InChI=1S/C14H18N2S/c1-2-7-16-14(10-13-6-4-9-17-13)12-5-3-8-15-11-12/h3-6,8-9,11,14,16H,2,7,10H2,1H3. The summed E-state index contributed by atoms with van der Waals surface area (Å²) in [6, 6.07) is 8.84. The number of aromatic nitrogens is 1. The van der Waals surface area contributed by atoms with Gasteiger partial charge in [0.1, 0.15) is 0 Å². The van der Waals surface area contributed by atoms with Gasteiger partial charge in [0.15, 0.2) is 0 Å². The molecule has 2 nitrogen and oxygen atoms in total. The van der Waals surface area contributed by atoms with Crippen molar-refractivity contribution in [3.63, 3.8) is 0 Å². The van der Waals surface area contributed by atoms with Gasteiger partial charge in [-0.1, -0.05) is 19.1 Å². The van der Waals surface area contributed by atoms with Crippen LogP contribution in [-0.2, 0) is 6.42 Å². The van der Waals surface area contributed by atoms with Crippen molar-refractivity contribution < 1.29 is 0 Å². The van der Waals surface area contributed by atoms with Crippen molar-refractivity contribution in [2.45, 2.75) is 25.8 Å². The van der Waals surface area contributed by atoms with Crippen molar-refractivity contribution in [2.75, 3.05) is 6.54 Å². The number of thiophene rings is 1. The Hall–Kier alpha value is -1.19. The lowest BCUT2D eigenvalue weighted by Gasteiger charge is -2.17. The van der Waals surface area contributed by atoms with Gasteiger partial charge >= 0.3 is 0 Å². The summed E-state index contributed by atoms with van der Waals surface area (Å²) in [4.78, 5) is 5.63. The molecule has 2 rings (SSSR count). The molecule has 0 aliphatic rings. The molecule has 0 saturated carbocycles. The Morgan fingerprint density at radius 3 is 2.94 bits per heavy atom. The molecule has 0 aliphatic carbocycles. The van der Waals surface area contributed by atoms with Gasteiger partial charge in [-0.15, -0.1) is 11.3 Å². The number of nitrogens with zero attached hydrogens (tertiary/aromatic N) is 1. The Morgan fingerprint density at radius 1 is 1.35 bits per heavy atom. The molecule has 0 spiro atoms. The minimum Gasteiger partial charge on any atom is -0.310 e. The summed E-state index contributed by atoms with van der Waals surface area (Å²) < 4.78 is 0. The molecule has 3 heteroatoms. The number of rotatable bonds is 6. The molecule has 0 bridgehead atoms. The van der Waals surface area contributed by atoms with Crippen LogP contribution in [0.2, 0.25) is 0 Å². The summed E-state index contributed by atoms with van der Waals surface area (Å²) in [5, 5.41) is 5.73. The molecule has 0 saturated heterocycles. The highest BCUT2D eigenvalue weighted by Crippen LogP contribution is 2.20. The SMILES string of the molecule is CCCNC(Cc1cccs1)c1cccnc1. The van der Waals surface area contributed by atoms with E-state index in [1.807, 2.05) is 29.8 Å². The molecule has 90 valence electrons. The zero-order valence-electron chi connectivity index (χ0n) is 10.1. The average Bonchev–Trinajstić information content (AvgIpc) is 2.88. The van der Waals surface area contributed by atoms with E-state index in [4.69, 9.17) is 0 Å². The van der Waals surface area contributed by atoms with E-state index >= 15 is 0 Å². The third-order valence-electron chi connectivity index (χ3n) is 2.71. The molecule has 2 aromatic heterocycles. The third kappa shape index (κ3) is 3.65. The van der Waals surface area contributed by atoms with E-state index in [1.54, 1.807) is 0 Å². The maximum absolute atomic E-state index is 4.21. The fourth-order valence-corrected chi connectivity index (χ4v) is 2.59. The Bertz CT molecular complexity index is 411. The number of hydrogen-bond acceptors (Lipinski definition) is 3. The van der Waals surface area contributed by atoms with Crippen LogP contribution in [0.4, 0.5) is 0 Å². The van der Waals surface area contributed by atoms with E-state index in [2.05, 4.69) is 40.8 Å². The molecular weight excluding hydrogens is 228 g/mol. The fraction of sp³-hybridized carbons (Fsp3) is 0.357. The first-order valence-corrected chi connectivity index (χ1v) is 6.94. The van der Waals surface area contributed by atoms with Crippen molar-refractivity contribution in [2.24, 2.45) is 0 Å². The van der Waals surface area contributed by atoms with Gasteiger partial charge in [-0.25, -0.2) is 0 Å². The minimum atomic E-state index is 0.377. The second-order valence-electron chi connectivity index (χ2n) is 4.08. The second kappa shape index (κ2) is 6.52. The zero-order valence-corrected chi connectivity index (χ0v) is 10.9. The molecule has 1 atom stereocenters. The molecule has 1 N–H and O–H groups in total. The fourth-order valence-electron chi connectivity index (χ4n) is 1.84. The van der Waals surface area contributed by atoms with Gasteiger partial charge in [0.2, 0.25) is 0 Å². The van der Waals surface area contributed by atoms with E-state index in [-0.39, 0.29) is 0 Å². The number of pyridine rings is 1. The van der Waals surface area contributed by atoms with Gasteiger partial charge < -0.3 is 5.32 Å². The van der Waals surface area contributed by atoms with E-state index in [0.29, 0.717) is 6.04 Å². The molecule has 0 aromatic carbocycles. The normalized spacial score (nSPS) is 12.5. The van der Waals surface area contributed by atoms with E-state index in [1.165, 1.54) is 10.4 Å². The number of nitrogens with one attached hydrogen (secondary N) is 1. The van der Waals surface area contributed by atoms with Crippen LogP contribution in [-0.4, -0.2) is 11.5 Å². The predicted octanol–water partition coefficient (Wildman–Crippen LogP) is 3.43. The first-order valence-electron chi connectivity index (χ1n) is 6.06. The molecule has 1 unspecified atom stereocenters. The summed E-state index contributed by atoms with van der Waals surface area (Å²) in [6.45, 7) is 3.24. The molecule has 17 heavy (non-hydrogen) atoms. The van der Waals surface area contributed by atoms with Crippen molar-refractivity contribution >= 4 is 11.3 Å². The van der Waals surface area contributed by atoms with Gasteiger partial charge in [-0.05, 0) is 36.0 Å². The van der Waals surface area contributed by atoms with Gasteiger partial charge in [0, 0.05) is 29.7 Å². The average molecular weight is 246 g/mol. The van der Waals surface area contributed by atoms with Crippen LogP contribution < -0.4 is 5.32 Å². The van der Waals surface area contributed by atoms with Gasteiger partial charge in [0.05, 0.1) is 0 Å². The molecule has 0 radical (unpaired) electrons. The van der Waals surface area contributed by atoms with Crippen molar-refractivity contribution in [1.29, 1.82) is 0 Å². The molecule has 0 aliphatic heterocycles. The summed E-state index contributed by atoms with van der Waals surface area (Å²) in [6.07, 6.45) is 5.98. The molecule has 2 aromatic rings. The molecule has 2 heterocycles. The summed E-state index contributed by atoms with van der Waals surface area (Å²) in [5.41, 5.74) is 1.27. The van der Waals surface area contributed by atoms with Crippen LogP contribution in [0, 0.1) is 0 Å². The monoisotopic (exact) mass is 246 g/mol. The number of hydrogen-bond donors (Lipinski definition) is 1. The smallest absolute Gasteiger partial charge is 0.0384 e. The van der Waals surface area contributed by atoms with Crippen LogP contribution >= 0.6 is 11.3 Å². The van der Waals surface area contributed by atoms with Gasteiger partial charge in [0.25, 0.3) is 0 Å². The van der Waals surface area contributed by atoms with Crippen LogP contribution in [0.3, 0.4) is 0 Å². The highest BCUT2D eigenvalue weighted by molar-refractivity contribution is 7.09. The van der Waals surface area contributed by atoms with Crippen molar-refractivity contribution in [1.82, 2.24) is 10.3 Å². The maximum Gasteiger partial charge on any atom is 0.0384 e. The first kappa shape index (κ1) is 12.3. The van der Waals surface area contributed by atoms with Crippen molar-refractivity contribution in [3.8, 4) is 0 Å². The van der Waals surface area contributed by atoms with Crippen molar-refractivity contribution in [3.05, 3.63) is 52.5 Å². The molecular formula is C14H18N2S. The predicted molar refractivity (Wildman–Crippen MR) is 73.3 cm³/mol. The van der Waals surface area contributed by atoms with Crippen LogP contribution in [0.5, 0.6) is 0 Å². The molecule has 0 amide bonds. The lowest BCUT2D eigenvalue weighted by Crippen LogP contribution is -2.23. The molecule has 0 fully saturated rings. The maximum atomic E-state index is 4.21. The summed E-state index contributed by atoms with van der Waals surface area (Å²) >= 11 is 1.82. The Morgan fingerprint density at radius 2 is 2.29 bits per heavy atom. The van der Waals surface area contributed by atoms with Crippen LogP contribution in [0.25, 0.3) is 0 Å². The lowest BCUT2D eigenvalue weighted by atomic mass is 10.0. The highest BCUT2D eigenvalue weighted by atomic mass is 32.1. The van der Waals surface area contributed by atoms with Crippen LogP contribution in [0.15, 0.2) is 42.0 Å². The summed E-state index contributed by atoms with van der Waals surface area (Å²) in [5.74, 6) is 0. The Balaban J connectivity index is 2.08. The first-order chi connectivity index (χ1) is 8.40. The zero-order chi connectivity index (χ0) is 11.9.